The maximum Gasteiger partial charge on any atom is 0.416 e. The van der Waals surface area contributed by atoms with Crippen LogP contribution in [-0.4, -0.2) is 18.6 Å². The van der Waals surface area contributed by atoms with Crippen LogP contribution in [0.5, 0.6) is 0 Å². The molecule has 0 spiro atoms. The molecule has 1 aliphatic heterocycles. The largest absolute Gasteiger partial charge is 0.465 e. The first-order valence-corrected chi connectivity index (χ1v) is 11.5. The average Bonchev–Trinajstić information content (AvgIpc) is 2.80. The Balaban J connectivity index is 0.000000757. The zero-order valence-electron chi connectivity index (χ0n) is 20.6. The molecule has 1 heterocycles. The molecule has 0 aromatic heterocycles. The molecule has 0 aliphatic carbocycles. The van der Waals surface area contributed by atoms with E-state index in [1.165, 1.54) is 6.07 Å². The van der Waals surface area contributed by atoms with Gasteiger partial charge in [0.1, 0.15) is 0 Å². The quantitative estimate of drug-likeness (QED) is 0.281. The van der Waals surface area contributed by atoms with Gasteiger partial charge >= 0.3 is 18.5 Å². The Morgan fingerprint density at radius 3 is 1.89 bits per heavy atom. The highest BCUT2D eigenvalue weighted by molar-refractivity contribution is 5.57. The van der Waals surface area contributed by atoms with Gasteiger partial charge in [-0.3, -0.25) is 4.79 Å². The topological polar surface area (TPSA) is 50.4 Å². The monoisotopic (exact) mass is 558 g/mol. The third-order valence-electron chi connectivity index (χ3n) is 5.65. The Hall–Kier alpha value is -2.96. The van der Waals surface area contributed by atoms with Crippen LogP contribution in [0.15, 0.2) is 36.4 Å². The molecule has 2 aromatic rings. The number of hydrogen-bond donors (Lipinski definition) is 2. The number of ether oxygens (including phenoxy) is 1. The van der Waals surface area contributed by atoms with Crippen LogP contribution in [0.1, 0.15) is 67.5 Å². The molecule has 2 aromatic carbocycles. The summed E-state index contributed by atoms with van der Waals surface area (Å²) in [5.74, 6) is 0. The number of alkyl halides is 9. The van der Waals surface area contributed by atoms with Crippen LogP contribution < -0.4 is 10.6 Å². The first kappa shape index (κ1) is 31.3. The first-order chi connectivity index (χ1) is 17.5. The Bertz CT molecular complexity index is 1050. The van der Waals surface area contributed by atoms with E-state index in [4.69, 9.17) is 0 Å². The number of carbonyl (C=O) groups excluding carboxylic acids is 1. The molecule has 2 N–H and O–H groups in total. The smallest absolute Gasteiger partial charge is 0.416 e. The third kappa shape index (κ3) is 8.81. The van der Waals surface area contributed by atoms with Crippen LogP contribution >= 0.6 is 0 Å². The van der Waals surface area contributed by atoms with Gasteiger partial charge < -0.3 is 15.4 Å². The molecule has 212 valence electrons. The van der Waals surface area contributed by atoms with Crippen molar-refractivity contribution >= 4 is 12.2 Å². The number of hydrogen-bond acceptors (Lipinski definition) is 4. The van der Waals surface area contributed by atoms with E-state index in [9.17, 15) is 44.3 Å². The van der Waals surface area contributed by atoms with Crippen LogP contribution in [0.4, 0.5) is 45.2 Å². The molecule has 3 rings (SSSR count). The molecule has 0 amide bonds. The molecule has 4 nitrogen and oxygen atoms in total. The maximum absolute atomic E-state index is 13.1. The van der Waals surface area contributed by atoms with Crippen molar-refractivity contribution in [1.29, 1.82) is 0 Å². The summed E-state index contributed by atoms with van der Waals surface area (Å²) in [6.07, 6.45) is -13.6. The van der Waals surface area contributed by atoms with Crippen LogP contribution in [-0.2, 0) is 34.6 Å². The number of nitrogens with one attached hydrogen (secondary N) is 2. The van der Waals surface area contributed by atoms with Crippen LogP contribution in [0.3, 0.4) is 0 Å². The van der Waals surface area contributed by atoms with Gasteiger partial charge in [-0.05, 0) is 74.2 Å². The van der Waals surface area contributed by atoms with Crippen molar-refractivity contribution in [2.45, 2.75) is 76.9 Å². The first-order valence-electron chi connectivity index (χ1n) is 11.5. The normalized spacial score (nSPS) is 17.7. The zero-order chi connectivity index (χ0) is 28.9. The average molecular weight is 558 g/mol. The van der Waals surface area contributed by atoms with Gasteiger partial charge in [0.25, 0.3) is 6.47 Å². The Labute approximate surface area is 213 Å². The van der Waals surface area contributed by atoms with Crippen LogP contribution in [0.25, 0.3) is 0 Å². The molecule has 0 unspecified atom stereocenters. The summed E-state index contributed by atoms with van der Waals surface area (Å²) >= 11 is 0. The molecule has 1 aliphatic rings. The Kier molecular flexibility index (Phi) is 10.1. The molecular weight excluding hydrogens is 531 g/mol. The van der Waals surface area contributed by atoms with E-state index in [2.05, 4.69) is 15.4 Å². The second-order valence-corrected chi connectivity index (χ2v) is 8.91. The SMILES string of the molecule is CC(C)OC=O.CC[C@@H]1C[C@H](NCc2cc(C(F)(F)F)cc(C(F)(F)F)c2)c2cc(C(F)(F)F)ccc2N1. The number of carbonyl (C=O) groups is 1. The molecular formula is C25H27F9N2O2. The van der Waals surface area contributed by atoms with Crippen molar-refractivity contribution in [3.05, 3.63) is 64.2 Å². The van der Waals surface area contributed by atoms with Crippen molar-refractivity contribution in [3.63, 3.8) is 0 Å². The summed E-state index contributed by atoms with van der Waals surface area (Å²) in [7, 11) is 0. The van der Waals surface area contributed by atoms with Crippen molar-refractivity contribution in [1.82, 2.24) is 5.32 Å². The fraction of sp³-hybridized carbons (Fsp3) is 0.480. The van der Waals surface area contributed by atoms with Crippen LogP contribution in [0.2, 0.25) is 0 Å². The second-order valence-electron chi connectivity index (χ2n) is 8.91. The molecule has 0 saturated carbocycles. The molecule has 13 heteroatoms. The fourth-order valence-electron chi connectivity index (χ4n) is 3.78. The van der Waals surface area contributed by atoms with E-state index in [0.717, 1.165) is 12.1 Å². The van der Waals surface area contributed by atoms with Gasteiger partial charge in [0.15, 0.2) is 0 Å². The summed E-state index contributed by atoms with van der Waals surface area (Å²) in [6.45, 7) is 5.52. The van der Waals surface area contributed by atoms with Crippen LogP contribution in [0, 0.1) is 0 Å². The molecule has 0 radical (unpaired) electrons. The summed E-state index contributed by atoms with van der Waals surface area (Å²) in [5, 5.41) is 5.96. The minimum atomic E-state index is -4.98. The van der Waals surface area contributed by atoms with E-state index in [1.54, 1.807) is 13.8 Å². The number of fused-ring (bicyclic) bond motifs is 1. The zero-order valence-corrected chi connectivity index (χ0v) is 20.6. The number of rotatable bonds is 6. The highest BCUT2D eigenvalue weighted by Crippen LogP contribution is 2.39. The van der Waals surface area contributed by atoms with Gasteiger partial charge in [0.2, 0.25) is 0 Å². The lowest BCUT2D eigenvalue weighted by Gasteiger charge is -2.34. The van der Waals surface area contributed by atoms with Crippen molar-refractivity contribution in [2.24, 2.45) is 0 Å². The van der Waals surface area contributed by atoms with Gasteiger partial charge in [-0.15, -0.1) is 0 Å². The lowest BCUT2D eigenvalue weighted by Crippen LogP contribution is -2.34. The fourth-order valence-corrected chi connectivity index (χ4v) is 3.78. The number of anilines is 1. The standard InChI is InChI=1S/C21H19F9N2.C4H8O2/c1-2-15-9-18(16-8-12(19(22,23)24)3-4-17(16)32-15)31-10-11-5-13(20(25,26)27)7-14(6-11)21(28,29)30;1-4(2)6-3-5/h3-8,15,18,31-32H,2,9-10H2,1H3;3-4H,1-2H3/t15-,18+;/m1./s1. The lowest BCUT2D eigenvalue weighted by molar-refractivity contribution is -0.143. The minimum Gasteiger partial charge on any atom is -0.465 e. The highest BCUT2D eigenvalue weighted by atomic mass is 19.4. The van der Waals surface area contributed by atoms with Crippen molar-refractivity contribution < 1.29 is 49.0 Å². The van der Waals surface area contributed by atoms with Gasteiger partial charge in [0, 0.05) is 24.3 Å². The van der Waals surface area contributed by atoms with E-state index < -0.39 is 41.3 Å². The van der Waals surface area contributed by atoms with E-state index >= 15 is 0 Å². The lowest BCUT2D eigenvalue weighted by atomic mass is 9.90. The summed E-state index contributed by atoms with van der Waals surface area (Å²) in [4.78, 5) is 9.39. The predicted octanol–water partition coefficient (Wildman–Crippen LogP) is 7.74. The predicted molar refractivity (Wildman–Crippen MR) is 122 cm³/mol. The minimum absolute atomic E-state index is 0.0301. The second kappa shape index (κ2) is 12.3. The summed E-state index contributed by atoms with van der Waals surface area (Å²) in [5.41, 5.74) is -3.35. The number of benzene rings is 2. The molecule has 0 saturated heterocycles. The van der Waals surface area contributed by atoms with Gasteiger partial charge in [-0.2, -0.15) is 39.5 Å². The third-order valence-corrected chi connectivity index (χ3v) is 5.65. The van der Waals surface area contributed by atoms with Gasteiger partial charge in [0.05, 0.1) is 22.8 Å². The molecule has 0 fully saturated rings. The Morgan fingerprint density at radius 1 is 0.921 bits per heavy atom. The van der Waals surface area contributed by atoms with Gasteiger partial charge in [-0.1, -0.05) is 6.92 Å². The number of halogens is 9. The van der Waals surface area contributed by atoms with E-state index in [0.29, 0.717) is 37.1 Å². The molecule has 38 heavy (non-hydrogen) atoms. The van der Waals surface area contributed by atoms with Crippen molar-refractivity contribution in [3.8, 4) is 0 Å². The summed E-state index contributed by atoms with van der Waals surface area (Å²) < 4.78 is 122. The van der Waals surface area contributed by atoms with E-state index in [1.807, 2.05) is 6.92 Å². The molecule has 2 atom stereocenters. The maximum atomic E-state index is 13.1. The van der Waals surface area contributed by atoms with E-state index in [-0.39, 0.29) is 35.9 Å². The highest BCUT2D eigenvalue weighted by Gasteiger charge is 2.37. The Morgan fingerprint density at radius 2 is 1.47 bits per heavy atom. The summed E-state index contributed by atoms with van der Waals surface area (Å²) in [6, 6.07) is 3.57. The van der Waals surface area contributed by atoms with Gasteiger partial charge in [-0.25, -0.2) is 0 Å². The van der Waals surface area contributed by atoms with Crippen molar-refractivity contribution in [2.75, 3.05) is 5.32 Å². The molecule has 0 bridgehead atoms.